The molecule has 1 aliphatic heterocycles. The summed E-state index contributed by atoms with van der Waals surface area (Å²) < 4.78 is 18.7. The number of methoxy groups -OCH3 is 2. The van der Waals surface area contributed by atoms with Crippen LogP contribution in [-0.2, 0) is 22.5 Å². The van der Waals surface area contributed by atoms with Gasteiger partial charge in [-0.2, -0.15) is 0 Å². The Morgan fingerprint density at radius 2 is 1.76 bits per heavy atom. The third-order valence-electron chi connectivity index (χ3n) is 9.09. The number of rotatable bonds is 8. The minimum absolute atomic E-state index is 0.274. The second kappa shape index (κ2) is 13.6. The molecule has 3 amide bonds. The van der Waals surface area contributed by atoms with Crippen LogP contribution in [0.4, 0.5) is 10.5 Å². The first kappa shape index (κ1) is 31.0. The molecule has 1 atom stereocenters. The highest BCUT2D eigenvalue weighted by atomic mass is 16.5. The normalized spacial score (nSPS) is 15.0. The van der Waals surface area contributed by atoms with Gasteiger partial charge in [0, 0.05) is 47.3 Å². The van der Waals surface area contributed by atoms with Crippen LogP contribution in [0, 0.1) is 0 Å². The first-order valence-corrected chi connectivity index (χ1v) is 15.8. The number of fused-ring (bicyclic) bond motifs is 5. The molecule has 240 valence electrons. The van der Waals surface area contributed by atoms with Crippen molar-refractivity contribution in [2.45, 2.75) is 57.0 Å². The van der Waals surface area contributed by atoms with E-state index in [-0.39, 0.29) is 18.2 Å². The number of ether oxygens (including phenoxy) is 3. The summed E-state index contributed by atoms with van der Waals surface area (Å²) in [6, 6.07) is 18.1. The number of amides is 3. The number of aromatic nitrogens is 1. The second-order valence-electron chi connectivity index (χ2n) is 11.8. The maximum Gasteiger partial charge on any atom is 0.411 e. The number of hydrogen-bond donors (Lipinski definition) is 3. The summed E-state index contributed by atoms with van der Waals surface area (Å²) in [5.74, 6) is 1.35. The van der Waals surface area contributed by atoms with Gasteiger partial charge in [-0.25, -0.2) is 4.79 Å². The van der Waals surface area contributed by atoms with Crippen LogP contribution in [0.15, 0.2) is 60.7 Å². The third kappa shape index (κ3) is 6.24. The maximum absolute atomic E-state index is 13.7. The molecule has 1 saturated carbocycles. The lowest BCUT2D eigenvalue weighted by Crippen LogP contribution is -2.47. The van der Waals surface area contributed by atoms with Crippen molar-refractivity contribution in [3.8, 4) is 22.8 Å². The van der Waals surface area contributed by atoms with Gasteiger partial charge in [0.25, 0.3) is 5.91 Å². The number of likely N-dealkylation sites (N-methyl/N-ethyl adjacent to an activating group) is 1. The summed E-state index contributed by atoms with van der Waals surface area (Å²) in [6.45, 7) is 1.13. The van der Waals surface area contributed by atoms with Crippen molar-refractivity contribution >= 4 is 34.5 Å². The van der Waals surface area contributed by atoms with Crippen molar-refractivity contribution in [2.24, 2.45) is 0 Å². The van der Waals surface area contributed by atoms with Crippen molar-refractivity contribution in [3.63, 3.8) is 0 Å². The van der Waals surface area contributed by atoms with Crippen LogP contribution >= 0.6 is 0 Å². The van der Waals surface area contributed by atoms with Gasteiger partial charge in [0.15, 0.2) is 0 Å². The number of carbonyl (C=O) groups excluding carboxylic acids is 3. The fraction of sp³-hybridized carbons (Fsp3) is 0.361. The van der Waals surface area contributed by atoms with Gasteiger partial charge in [0.05, 0.1) is 26.5 Å². The molecule has 10 nitrogen and oxygen atoms in total. The third-order valence-corrected chi connectivity index (χ3v) is 9.09. The monoisotopic (exact) mass is 624 g/mol. The molecular weight excluding hydrogens is 584 g/mol. The van der Waals surface area contributed by atoms with E-state index >= 15 is 0 Å². The summed E-state index contributed by atoms with van der Waals surface area (Å²) in [7, 11) is 4.51. The highest BCUT2D eigenvalue weighted by Gasteiger charge is 2.30. The Hall–Kier alpha value is -4.99. The highest BCUT2D eigenvalue weighted by molar-refractivity contribution is 6.02. The highest BCUT2D eigenvalue weighted by Crippen LogP contribution is 2.47. The first-order chi connectivity index (χ1) is 22.4. The van der Waals surface area contributed by atoms with E-state index in [1.165, 1.54) is 31.9 Å². The summed E-state index contributed by atoms with van der Waals surface area (Å²) >= 11 is 0. The topological polar surface area (TPSA) is 120 Å². The molecule has 1 aliphatic carbocycles. The zero-order valence-electron chi connectivity index (χ0n) is 26.5. The van der Waals surface area contributed by atoms with Crippen LogP contribution < -0.4 is 25.4 Å². The molecule has 3 aromatic carbocycles. The quantitative estimate of drug-likeness (QED) is 0.221. The molecule has 0 spiro atoms. The predicted octanol–water partition coefficient (Wildman–Crippen LogP) is 6.02. The molecule has 4 aromatic rings. The van der Waals surface area contributed by atoms with E-state index in [4.69, 9.17) is 9.47 Å². The Labute approximate surface area is 268 Å². The van der Waals surface area contributed by atoms with Gasteiger partial charge in [-0.1, -0.05) is 37.5 Å². The van der Waals surface area contributed by atoms with Crippen LogP contribution in [0.5, 0.6) is 11.5 Å². The first-order valence-electron chi connectivity index (χ1n) is 15.8. The van der Waals surface area contributed by atoms with E-state index in [1.54, 1.807) is 38.4 Å². The van der Waals surface area contributed by atoms with Crippen LogP contribution in [-0.4, -0.2) is 56.4 Å². The number of benzene rings is 3. The van der Waals surface area contributed by atoms with E-state index in [1.807, 2.05) is 24.3 Å². The van der Waals surface area contributed by atoms with Gasteiger partial charge in [0.2, 0.25) is 5.91 Å². The zero-order chi connectivity index (χ0) is 32.2. The lowest BCUT2D eigenvalue weighted by molar-refractivity contribution is -0.122. The largest absolute Gasteiger partial charge is 0.497 e. The summed E-state index contributed by atoms with van der Waals surface area (Å²) in [5.41, 5.74) is 6.37. The van der Waals surface area contributed by atoms with Crippen LogP contribution in [0.25, 0.3) is 22.2 Å². The lowest BCUT2D eigenvalue weighted by atomic mass is 9.81. The predicted molar refractivity (Wildman–Crippen MR) is 177 cm³/mol. The number of hydrogen-bond acceptors (Lipinski definition) is 6. The molecule has 46 heavy (non-hydrogen) atoms. The van der Waals surface area contributed by atoms with Crippen LogP contribution in [0.3, 0.4) is 0 Å². The Morgan fingerprint density at radius 1 is 0.978 bits per heavy atom. The molecule has 0 saturated heterocycles. The van der Waals surface area contributed by atoms with Crippen molar-refractivity contribution in [3.05, 3.63) is 77.4 Å². The van der Waals surface area contributed by atoms with E-state index in [2.05, 4.69) is 37.4 Å². The second-order valence-corrected chi connectivity index (χ2v) is 11.8. The van der Waals surface area contributed by atoms with E-state index in [0.29, 0.717) is 30.3 Å². The maximum atomic E-state index is 13.7. The van der Waals surface area contributed by atoms with Crippen molar-refractivity contribution < 1.29 is 28.6 Å². The zero-order valence-corrected chi connectivity index (χ0v) is 26.5. The summed E-state index contributed by atoms with van der Waals surface area (Å²) in [6.07, 6.45) is 5.64. The van der Waals surface area contributed by atoms with Gasteiger partial charge in [-0.05, 0) is 66.3 Å². The van der Waals surface area contributed by atoms with Crippen molar-refractivity contribution in [2.75, 3.05) is 33.2 Å². The Bertz CT molecular complexity index is 1760. The molecular formula is C36H40N4O6. The standard InChI is InChI=1S/C36H40N4O6/c1-37-35(42)29(19-22-9-12-25(13-10-22)38-36(43)45-3)39-34(41)24-11-15-27-30(20-24)40-17-18-46-31-21-26(44-2)14-16-28(31)33(40)32(27)23-7-5-4-6-8-23/h9-16,20-21,23,29H,4-8,17-19H2,1-3H3,(H,37,42)(H,38,43)(H,39,41)/t29-/m0/s1. The fourth-order valence-electron chi connectivity index (χ4n) is 6.79. The molecule has 2 aliphatic rings. The fourth-order valence-corrected chi connectivity index (χ4v) is 6.79. The summed E-state index contributed by atoms with van der Waals surface area (Å²) in [5, 5.41) is 9.39. The average Bonchev–Trinajstić information content (AvgIpc) is 3.29. The van der Waals surface area contributed by atoms with E-state index < -0.39 is 12.1 Å². The van der Waals surface area contributed by atoms with Gasteiger partial charge in [-0.3, -0.25) is 14.9 Å². The Kier molecular flexibility index (Phi) is 9.14. The molecule has 1 aromatic heterocycles. The lowest BCUT2D eigenvalue weighted by Gasteiger charge is -2.23. The molecule has 6 rings (SSSR count). The number of anilines is 1. The van der Waals surface area contributed by atoms with Crippen LogP contribution in [0.2, 0.25) is 0 Å². The van der Waals surface area contributed by atoms with Gasteiger partial charge >= 0.3 is 6.09 Å². The van der Waals surface area contributed by atoms with E-state index in [0.717, 1.165) is 52.1 Å². The van der Waals surface area contributed by atoms with E-state index in [9.17, 15) is 14.4 Å². The summed E-state index contributed by atoms with van der Waals surface area (Å²) in [4.78, 5) is 38.1. The molecule has 1 fully saturated rings. The smallest absolute Gasteiger partial charge is 0.411 e. The van der Waals surface area contributed by atoms with Gasteiger partial charge in [0.1, 0.15) is 24.1 Å². The SMILES string of the molecule is CNC(=O)[C@H](Cc1ccc(NC(=O)OC)cc1)NC(=O)c1ccc2c(C3CCCCC3)c3n(c2c1)CCOc1cc(OC)ccc1-3. The van der Waals surface area contributed by atoms with Crippen LogP contribution in [0.1, 0.15) is 59.5 Å². The van der Waals surface area contributed by atoms with Crippen molar-refractivity contribution in [1.29, 1.82) is 0 Å². The number of nitrogens with one attached hydrogen (secondary N) is 3. The Balaban J connectivity index is 1.33. The number of carbonyl (C=O) groups is 3. The molecule has 10 heteroatoms. The molecule has 0 unspecified atom stereocenters. The molecule has 0 bridgehead atoms. The van der Waals surface area contributed by atoms with Crippen molar-refractivity contribution in [1.82, 2.24) is 15.2 Å². The molecule has 2 heterocycles. The minimum atomic E-state index is -0.801. The Morgan fingerprint density at radius 3 is 2.48 bits per heavy atom. The minimum Gasteiger partial charge on any atom is -0.497 e. The molecule has 0 radical (unpaired) electrons. The number of nitrogens with zero attached hydrogens (tertiary/aromatic N) is 1. The average molecular weight is 625 g/mol. The van der Waals surface area contributed by atoms with Gasteiger partial charge in [-0.15, -0.1) is 0 Å². The van der Waals surface area contributed by atoms with Gasteiger partial charge < -0.3 is 29.4 Å². The molecule has 3 N–H and O–H groups in total.